The molecule has 3 aliphatic rings. The van der Waals surface area contributed by atoms with Crippen molar-refractivity contribution in [3.05, 3.63) is 0 Å². The quantitative estimate of drug-likeness (QED) is 0.120. The molecule has 0 amide bonds. The molecule has 8 unspecified atom stereocenters. The minimum Gasteiger partial charge on any atom is -0.459 e. The van der Waals surface area contributed by atoms with E-state index in [1.807, 2.05) is 27.7 Å². The number of hydrogen-bond acceptors (Lipinski definition) is 15. The van der Waals surface area contributed by atoms with Crippen LogP contribution in [0.4, 0.5) is 0 Å². The number of esters is 1. The Morgan fingerprint density at radius 3 is 2.06 bits per heavy atom. The van der Waals surface area contributed by atoms with Crippen molar-refractivity contribution in [1.82, 2.24) is 5.32 Å². The van der Waals surface area contributed by atoms with Crippen LogP contribution >= 0.6 is 0 Å². The summed E-state index contributed by atoms with van der Waals surface area (Å²) in [7, 11) is 4.78. The van der Waals surface area contributed by atoms with E-state index < -0.39 is 102 Å². The summed E-state index contributed by atoms with van der Waals surface area (Å²) < 4.78 is 43.9. The van der Waals surface area contributed by atoms with Gasteiger partial charge in [-0.1, -0.05) is 32.9 Å². The lowest BCUT2D eigenvalue weighted by atomic mass is 9.73. The summed E-state index contributed by atoms with van der Waals surface area (Å²) in [6.45, 7) is 17.3. The Kier molecular flexibility index (Phi) is 15.5. The van der Waals surface area contributed by atoms with Crippen molar-refractivity contribution in [2.24, 2.45) is 28.8 Å². The largest absolute Gasteiger partial charge is 0.459 e. The summed E-state index contributed by atoms with van der Waals surface area (Å²) >= 11 is 0. The molecule has 3 fully saturated rings. The Morgan fingerprint density at radius 2 is 1.52 bits per heavy atom. The highest BCUT2D eigenvalue weighted by molar-refractivity contribution is 5.88. The molecule has 3 rings (SSSR count). The number of nitrogens with one attached hydrogen (secondary N) is 1. The van der Waals surface area contributed by atoms with Crippen molar-refractivity contribution in [3.63, 3.8) is 0 Å². The second-order valence-electron chi connectivity index (χ2n) is 16.1. The highest BCUT2D eigenvalue weighted by atomic mass is 16.7. The molecule has 18 atom stereocenters. The lowest BCUT2D eigenvalue weighted by Gasteiger charge is -2.49. The summed E-state index contributed by atoms with van der Waals surface area (Å²) in [5.74, 6) is -3.82. The van der Waals surface area contributed by atoms with E-state index in [-0.39, 0.29) is 37.1 Å². The van der Waals surface area contributed by atoms with Gasteiger partial charge >= 0.3 is 5.97 Å². The van der Waals surface area contributed by atoms with Gasteiger partial charge in [0.25, 0.3) is 0 Å². The molecular formula is C37H68N2O13. The van der Waals surface area contributed by atoms with Crippen molar-refractivity contribution in [2.45, 2.75) is 179 Å². The Hall–Kier alpha value is -1.50. The molecule has 0 saturated carbocycles. The third-order valence-corrected chi connectivity index (χ3v) is 12.2. The van der Waals surface area contributed by atoms with E-state index in [4.69, 9.17) is 33.2 Å². The molecular weight excluding hydrogens is 680 g/mol. The van der Waals surface area contributed by atoms with Crippen molar-refractivity contribution < 1.29 is 63.6 Å². The van der Waals surface area contributed by atoms with Crippen LogP contribution in [0.5, 0.6) is 0 Å². The first-order valence-electron chi connectivity index (χ1n) is 18.7. The first-order valence-corrected chi connectivity index (χ1v) is 18.7. The van der Waals surface area contributed by atoms with E-state index >= 15 is 0 Å². The topological polar surface area (TPSA) is 207 Å². The van der Waals surface area contributed by atoms with Gasteiger partial charge in [-0.25, -0.2) is 0 Å². The Labute approximate surface area is 309 Å². The van der Waals surface area contributed by atoms with Crippen LogP contribution in [-0.4, -0.2) is 143 Å². The normalized spacial score (nSPS) is 49.7. The SMILES string of the molecule is CC[C@H]1OC(=O)[C@H](C)[C@@H](OC2CC(C)(OC)C(O)C(C)O2)[C@H](C)[C@@H](OC2OC(C)CC(NC)C2O)[C@](C)(OC)C[C@@H](C)/C(=N\O)[C@H](C)[C@@H](O)[C@]1(C)O. The van der Waals surface area contributed by atoms with Crippen LogP contribution in [0.1, 0.15) is 94.9 Å². The predicted molar refractivity (Wildman–Crippen MR) is 191 cm³/mol. The van der Waals surface area contributed by atoms with Gasteiger partial charge in [0.1, 0.15) is 23.9 Å². The van der Waals surface area contributed by atoms with Crippen LogP contribution in [0.15, 0.2) is 5.16 Å². The van der Waals surface area contributed by atoms with Crippen molar-refractivity contribution in [1.29, 1.82) is 0 Å². The maximum absolute atomic E-state index is 14.2. The molecule has 15 heteroatoms. The fraction of sp³-hybridized carbons (Fsp3) is 0.946. The van der Waals surface area contributed by atoms with Gasteiger partial charge in [-0.3, -0.25) is 4.79 Å². The van der Waals surface area contributed by atoms with Crippen LogP contribution in [-0.2, 0) is 38.0 Å². The number of cyclic esters (lactones) is 1. The van der Waals surface area contributed by atoms with Gasteiger partial charge in [0.2, 0.25) is 0 Å². The number of oxime groups is 1. The third kappa shape index (κ3) is 9.30. The number of rotatable bonds is 8. The molecule has 0 aliphatic carbocycles. The fourth-order valence-corrected chi connectivity index (χ4v) is 8.58. The lowest BCUT2D eigenvalue weighted by Crippen LogP contribution is -2.61. The molecule has 3 heterocycles. The van der Waals surface area contributed by atoms with Crippen molar-refractivity contribution in [2.75, 3.05) is 21.3 Å². The van der Waals surface area contributed by atoms with E-state index in [1.54, 1.807) is 41.7 Å². The minimum atomic E-state index is -1.94. The number of aliphatic hydroxyl groups is 4. The second-order valence-corrected chi connectivity index (χ2v) is 16.1. The van der Waals surface area contributed by atoms with Gasteiger partial charge in [-0.15, -0.1) is 0 Å². The molecule has 304 valence electrons. The smallest absolute Gasteiger partial charge is 0.311 e. The fourth-order valence-electron chi connectivity index (χ4n) is 8.58. The van der Waals surface area contributed by atoms with Crippen LogP contribution in [0.3, 0.4) is 0 Å². The Morgan fingerprint density at radius 1 is 0.904 bits per heavy atom. The van der Waals surface area contributed by atoms with Gasteiger partial charge in [-0.2, -0.15) is 0 Å². The summed E-state index contributed by atoms with van der Waals surface area (Å²) in [5, 5.41) is 62.7. The maximum Gasteiger partial charge on any atom is 0.311 e. The number of carbonyl (C=O) groups is 1. The van der Waals surface area contributed by atoms with E-state index in [0.717, 1.165) is 0 Å². The zero-order valence-corrected chi connectivity index (χ0v) is 33.4. The third-order valence-electron chi connectivity index (χ3n) is 12.2. The van der Waals surface area contributed by atoms with E-state index in [2.05, 4.69) is 10.5 Å². The average Bonchev–Trinajstić information content (AvgIpc) is 3.10. The van der Waals surface area contributed by atoms with Crippen molar-refractivity contribution in [3.8, 4) is 0 Å². The second kappa shape index (κ2) is 18.0. The molecule has 0 aromatic carbocycles. The highest BCUT2D eigenvalue weighted by Gasteiger charge is 2.53. The molecule has 0 aromatic heterocycles. The van der Waals surface area contributed by atoms with E-state index in [1.165, 1.54) is 21.1 Å². The molecule has 3 aliphatic heterocycles. The standard InChI is InChI=1S/C37H68N2O13/c1-14-25-37(10,44)30(41)20(4)27(39-45)18(2)16-36(9,47-13)32(52-34-28(40)24(38-11)15-19(3)48-34)21(5)29(22(6)33(43)50-25)51-26-17-35(8,46-12)31(42)23(7)49-26/h18-26,28-32,34,38,40-42,44-45H,14-17H2,1-13H3/b39-27+/t18-,19?,20+,21+,22-,23?,24?,25-,26?,28?,29+,30-,31?,32-,34?,35?,36-,37-/m1/s1. The minimum absolute atomic E-state index is 0.128. The molecule has 0 spiro atoms. The first kappa shape index (κ1) is 44.9. The number of aliphatic hydroxyl groups excluding tert-OH is 3. The van der Waals surface area contributed by atoms with Crippen molar-refractivity contribution >= 4 is 11.7 Å². The number of methoxy groups -OCH3 is 2. The first-order chi connectivity index (χ1) is 24.2. The molecule has 3 saturated heterocycles. The Balaban J connectivity index is 2.24. The molecule has 15 nitrogen and oxygen atoms in total. The number of hydrogen-bond donors (Lipinski definition) is 6. The zero-order valence-electron chi connectivity index (χ0n) is 33.4. The monoisotopic (exact) mass is 748 g/mol. The van der Waals surface area contributed by atoms with Gasteiger partial charge < -0.3 is 64.1 Å². The van der Waals surface area contributed by atoms with Gasteiger partial charge in [0.05, 0.1) is 53.4 Å². The lowest BCUT2D eigenvalue weighted by molar-refractivity contribution is -0.317. The number of carbonyl (C=O) groups excluding carboxylic acids is 1. The van der Waals surface area contributed by atoms with Crippen LogP contribution in [0.2, 0.25) is 0 Å². The zero-order chi connectivity index (χ0) is 39.5. The number of likely N-dealkylation sites (N-methyl/N-ethyl adjacent to an activating group) is 1. The van der Waals surface area contributed by atoms with Crippen LogP contribution < -0.4 is 5.32 Å². The van der Waals surface area contributed by atoms with Crippen LogP contribution in [0.25, 0.3) is 0 Å². The highest BCUT2D eigenvalue weighted by Crippen LogP contribution is 2.41. The van der Waals surface area contributed by atoms with Gasteiger partial charge in [0.15, 0.2) is 12.6 Å². The van der Waals surface area contributed by atoms with Gasteiger partial charge in [0, 0.05) is 44.4 Å². The summed E-state index contributed by atoms with van der Waals surface area (Å²) in [4.78, 5) is 14.2. The van der Waals surface area contributed by atoms with E-state index in [0.29, 0.717) is 6.42 Å². The molecule has 0 radical (unpaired) electrons. The van der Waals surface area contributed by atoms with Crippen LogP contribution in [0, 0.1) is 23.7 Å². The summed E-state index contributed by atoms with van der Waals surface area (Å²) in [6, 6.07) is -0.333. The number of nitrogens with zero attached hydrogens (tertiary/aromatic N) is 1. The summed E-state index contributed by atoms with van der Waals surface area (Å²) in [5.41, 5.74) is -3.99. The predicted octanol–water partition coefficient (Wildman–Crippen LogP) is 2.36. The molecule has 0 bridgehead atoms. The maximum atomic E-state index is 14.2. The van der Waals surface area contributed by atoms with E-state index in [9.17, 15) is 30.4 Å². The molecule has 6 N–H and O–H groups in total. The number of ether oxygens (including phenoxy) is 7. The van der Waals surface area contributed by atoms with Gasteiger partial charge in [-0.05, 0) is 67.9 Å². The average molecular weight is 749 g/mol. The molecule has 52 heavy (non-hydrogen) atoms. The summed E-state index contributed by atoms with van der Waals surface area (Å²) in [6.07, 6.45) is -8.58. The molecule has 0 aromatic rings. The Bertz CT molecular complexity index is 1190.